The molecule has 3 atom stereocenters. The van der Waals surface area contributed by atoms with Crippen LogP contribution in [0.1, 0.15) is 63.5 Å². The molecule has 248 valence electrons. The number of benzene rings is 2. The largest absolute Gasteiger partial charge is 0.445 e. The summed E-state index contributed by atoms with van der Waals surface area (Å²) < 4.78 is 5.24. The number of ether oxygens (including phenoxy) is 1. The number of nitrogens with zero attached hydrogens (tertiary/aromatic N) is 1. The number of hydrogen-bond donors (Lipinski definition) is 4. The van der Waals surface area contributed by atoms with E-state index in [1.165, 1.54) is 0 Å². The summed E-state index contributed by atoms with van der Waals surface area (Å²) in [6.07, 6.45) is 2.23. The van der Waals surface area contributed by atoms with Gasteiger partial charge in [-0.05, 0) is 49.1 Å². The van der Waals surface area contributed by atoms with E-state index in [-0.39, 0.29) is 50.5 Å². The number of carbonyl (C=O) groups excluding carboxylic acids is 6. The number of alkyl carbamates (subject to hydrolysis) is 1. The molecule has 0 unspecified atom stereocenters. The van der Waals surface area contributed by atoms with Gasteiger partial charge in [0.05, 0.1) is 12.0 Å². The molecule has 46 heavy (non-hydrogen) atoms. The lowest BCUT2D eigenvalue weighted by atomic mass is 9.94. The Bertz CT molecular complexity index is 1300. The number of rotatable bonds is 16. The fraction of sp³-hybridized carbons (Fsp3) is 0.471. The Morgan fingerprint density at radius 1 is 0.848 bits per heavy atom. The van der Waals surface area contributed by atoms with Crippen LogP contribution in [0.5, 0.6) is 0 Å². The molecule has 0 bridgehead atoms. The average Bonchev–Trinajstić information content (AvgIpc) is 3.60. The molecule has 1 aliphatic rings. The molecule has 1 heterocycles. The molecule has 2 aromatic carbocycles. The van der Waals surface area contributed by atoms with Crippen LogP contribution >= 0.6 is 0 Å². The average molecular weight is 636 g/mol. The van der Waals surface area contributed by atoms with Gasteiger partial charge in [0.25, 0.3) is 5.91 Å². The maximum Gasteiger partial charge on any atom is 0.408 e. The summed E-state index contributed by atoms with van der Waals surface area (Å²) in [5, 5.41) is 5.23. The van der Waals surface area contributed by atoms with Gasteiger partial charge in [0, 0.05) is 25.9 Å². The molecule has 0 saturated carbocycles. The minimum Gasteiger partial charge on any atom is -0.445 e. The molecule has 3 rings (SSSR count). The van der Waals surface area contributed by atoms with Gasteiger partial charge in [0.15, 0.2) is 0 Å². The van der Waals surface area contributed by atoms with E-state index in [4.69, 9.17) is 4.74 Å². The number of amides is 5. The standard InChI is InChI=1S/C34H45N5O7/c1-24(2)19-29(36-34(45)46-23-26-13-7-4-8-14-26)33(44)38-37-30(41)21-27(20-25-11-5-3-6-12-25)32(43)35-28(22-40)15-16-31(42)39-17-9-10-18-39/h3-8,11-14,22,24,27-29H,9-10,15-21,23H2,1-2H3,(H,35,43)(H,36,45)(H,37,41)(H,38,44)/t27-,28-,29+/m1/s1. The van der Waals surface area contributed by atoms with E-state index in [0.29, 0.717) is 19.4 Å². The monoisotopic (exact) mass is 635 g/mol. The van der Waals surface area contributed by atoms with E-state index in [9.17, 15) is 28.8 Å². The van der Waals surface area contributed by atoms with Crippen LogP contribution in [0.25, 0.3) is 0 Å². The van der Waals surface area contributed by atoms with Crippen LogP contribution in [0.3, 0.4) is 0 Å². The second-order valence-electron chi connectivity index (χ2n) is 11.9. The van der Waals surface area contributed by atoms with Crippen molar-refractivity contribution in [3.05, 3.63) is 71.8 Å². The second-order valence-corrected chi connectivity index (χ2v) is 11.9. The first-order valence-corrected chi connectivity index (χ1v) is 15.8. The van der Waals surface area contributed by atoms with E-state index in [2.05, 4.69) is 21.5 Å². The third-order valence-electron chi connectivity index (χ3n) is 7.60. The molecule has 2 aromatic rings. The number of carbonyl (C=O) groups is 6. The van der Waals surface area contributed by atoms with Crippen molar-refractivity contribution in [3.8, 4) is 0 Å². The summed E-state index contributed by atoms with van der Waals surface area (Å²) in [7, 11) is 0. The molecule has 12 heteroatoms. The van der Waals surface area contributed by atoms with Gasteiger partial charge in [-0.1, -0.05) is 74.5 Å². The fourth-order valence-electron chi connectivity index (χ4n) is 5.14. The first-order valence-electron chi connectivity index (χ1n) is 15.8. The smallest absolute Gasteiger partial charge is 0.408 e. The Labute approximate surface area is 270 Å². The Kier molecular flexibility index (Phi) is 14.7. The van der Waals surface area contributed by atoms with E-state index in [0.717, 1.165) is 24.0 Å². The Balaban J connectivity index is 1.56. The quantitative estimate of drug-likeness (QED) is 0.163. The Morgan fingerprint density at radius 2 is 1.48 bits per heavy atom. The molecule has 0 aromatic heterocycles. The van der Waals surface area contributed by atoms with Crippen LogP contribution in [0.2, 0.25) is 0 Å². The lowest BCUT2D eigenvalue weighted by Gasteiger charge is -2.22. The molecule has 0 radical (unpaired) electrons. The Morgan fingerprint density at radius 3 is 2.09 bits per heavy atom. The van der Waals surface area contributed by atoms with Crippen LogP contribution in [0, 0.1) is 11.8 Å². The predicted octanol–water partition coefficient (Wildman–Crippen LogP) is 2.81. The topological polar surface area (TPSA) is 163 Å². The van der Waals surface area contributed by atoms with Crippen LogP contribution < -0.4 is 21.5 Å². The first-order chi connectivity index (χ1) is 22.1. The van der Waals surface area contributed by atoms with E-state index in [1.807, 2.05) is 74.5 Å². The SMILES string of the molecule is CC(C)C[C@H](NC(=O)OCc1ccccc1)C(=O)NNC(=O)C[C@@H](Cc1ccccc1)C(=O)N[C@@H](C=O)CCC(=O)N1CCCC1. The molecular formula is C34H45N5O7. The van der Waals surface area contributed by atoms with Crippen molar-refractivity contribution in [2.45, 2.75) is 77.5 Å². The van der Waals surface area contributed by atoms with Crippen molar-refractivity contribution in [2.75, 3.05) is 13.1 Å². The zero-order valence-corrected chi connectivity index (χ0v) is 26.5. The van der Waals surface area contributed by atoms with Gasteiger partial charge < -0.3 is 25.1 Å². The highest BCUT2D eigenvalue weighted by atomic mass is 16.5. The first kappa shape index (κ1) is 35.7. The number of likely N-dealkylation sites (tertiary alicyclic amines) is 1. The third kappa shape index (κ3) is 12.7. The molecule has 12 nitrogen and oxygen atoms in total. The minimum absolute atomic E-state index is 0.0318. The lowest BCUT2D eigenvalue weighted by Crippen LogP contribution is -2.53. The van der Waals surface area contributed by atoms with Crippen LogP contribution in [0.4, 0.5) is 4.79 Å². The third-order valence-corrected chi connectivity index (χ3v) is 7.60. The normalized spacial score (nSPS) is 14.5. The molecule has 1 aliphatic heterocycles. The fourth-order valence-corrected chi connectivity index (χ4v) is 5.14. The summed E-state index contributed by atoms with van der Waals surface area (Å²) in [5.74, 6) is -2.68. The van der Waals surface area contributed by atoms with Gasteiger partial charge in [-0.25, -0.2) is 4.79 Å². The highest BCUT2D eigenvalue weighted by Crippen LogP contribution is 2.15. The number of aldehydes is 1. The molecule has 1 fully saturated rings. The van der Waals surface area contributed by atoms with E-state index >= 15 is 0 Å². The summed E-state index contributed by atoms with van der Waals surface area (Å²) in [4.78, 5) is 77.6. The summed E-state index contributed by atoms with van der Waals surface area (Å²) in [6, 6.07) is 16.3. The molecule has 0 spiro atoms. The summed E-state index contributed by atoms with van der Waals surface area (Å²) in [5.41, 5.74) is 6.29. The van der Waals surface area contributed by atoms with E-state index in [1.54, 1.807) is 4.90 Å². The van der Waals surface area contributed by atoms with Gasteiger partial charge >= 0.3 is 6.09 Å². The van der Waals surface area contributed by atoms with Crippen molar-refractivity contribution in [2.24, 2.45) is 11.8 Å². The van der Waals surface area contributed by atoms with E-state index < -0.39 is 41.8 Å². The van der Waals surface area contributed by atoms with Gasteiger partial charge in [-0.2, -0.15) is 0 Å². The second kappa shape index (κ2) is 18.9. The molecular weight excluding hydrogens is 590 g/mol. The summed E-state index contributed by atoms with van der Waals surface area (Å²) in [6.45, 7) is 5.21. The highest BCUT2D eigenvalue weighted by Gasteiger charge is 2.27. The number of hydrogen-bond acceptors (Lipinski definition) is 7. The van der Waals surface area contributed by atoms with Crippen LogP contribution in [-0.4, -0.2) is 66.1 Å². The number of nitrogens with one attached hydrogen (secondary N) is 4. The summed E-state index contributed by atoms with van der Waals surface area (Å²) >= 11 is 0. The molecule has 0 aliphatic carbocycles. The number of hydrazine groups is 1. The van der Waals surface area contributed by atoms with Crippen LogP contribution in [0.15, 0.2) is 60.7 Å². The van der Waals surface area contributed by atoms with Gasteiger partial charge in [0.1, 0.15) is 18.9 Å². The Hall–Kier alpha value is -4.74. The predicted molar refractivity (Wildman–Crippen MR) is 171 cm³/mol. The van der Waals surface area contributed by atoms with Gasteiger partial charge in [0.2, 0.25) is 17.7 Å². The maximum absolute atomic E-state index is 13.3. The van der Waals surface area contributed by atoms with Gasteiger partial charge in [-0.3, -0.25) is 30.0 Å². The molecule has 1 saturated heterocycles. The van der Waals surface area contributed by atoms with Crippen molar-refractivity contribution in [1.29, 1.82) is 0 Å². The molecule has 4 N–H and O–H groups in total. The van der Waals surface area contributed by atoms with Crippen molar-refractivity contribution < 1.29 is 33.5 Å². The maximum atomic E-state index is 13.3. The van der Waals surface area contributed by atoms with Crippen molar-refractivity contribution in [3.63, 3.8) is 0 Å². The minimum atomic E-state index is -0.983. The molecule has 5 amide bonds. The zero-order chi connectivity index (χ0) is 33.3. The zero-order valence-electron chi connectivity index (χ0n) is 26.5. The van der Waals surface area contributed by atoms with Crippen LogP contribution in [-0.2, 0) is 41.7 Å². The van der Waals surface area contributed by atoms with Gasteiger partial charge in [-0.15, -0.1) is 0 Å². The van der Waals surface area contributed by atoms with Crippen molar-refractivity contribution >= 4 is 36.0 Å². The highest BCUT2D eigenvalue weighted by molar-refractivity contribution is 5.90. The lowest BCUT2D eigenvalue weighted by molar-refractivity contribution is -0.134. The van der Waals surface area contributed by atoms with Crippen molar-refractivity contribution in [1.82, 2.24) is 26.4 Å².